The van der Waals surface area contributed by atoms with Gasteiger partial charge in [0.1, 0.15) is 0 Å². The van der Waals surface area contributed by atoms with Crippen LogP contribution in [0.4, 0.5) is 11.4 Å². The Morgan fingerprint density at radius 1 is 1.32 bits per heavy atom. The van der Waals surface area contributed by atoms with Gasteiger partial charge in [0.15, 0.2) is 0 Å². The summed E-state index contributed by atoms with van der Waals surface area (Å²) < 4.78 is 0. The lowest BCUT2D eigenvalue weighted by atomic mass is 10.1. The van der Waals surface area contributed by atoms with E-state index in [0.29, 0.717) is 18.9 Å². The fourth-order valence-electron chi connectivity index (χ4n) is 1.72. The summed E-state index contributed by atoms with van der Waals surface area (Å²) in [6, 6.07) is 7.65. The van der Waals surface area contributed by atoms with Crippen LogP contribution in [0, 0.1) is 5.92 Å². The van der Waals surface area contributed by atoms with E-state index in [1.165, 1.54) is 0 Å². The van der Waals surface area contributed by atoms with E-state index in [0.717, 1.165) is 17.8 Å². The molecule has 0 heterocycles. The van der Waals surface area contributed by atoms with E-state index in [-0.39, 0.29) is 12.5 Å². The second kappa shape index (κ2) is 7.79. The number of aliphatic hydroxyl groups is 1. The van der Waals surface area contributed by atoms with Crippen LogP contribution in [0.3, 0.4) is 0 Å². The quantitative estimate of drug-likeness (QED) is 0.795. The van der Waals surface area contributed by atoms with Gasteiger partial charge in [-0.05, 0) is 36.6 Å². The fraction of sp³-hybridized carbons (Fsp3) is 0.533. The maximum Gasteiger partial charge on any atom is 0.224 e. The molecule has 0 spiro atoms. The van der Waals surface area contributed by atoms with Gasteiger partial charge in [-0.25, -0.2) is 0 Å². The van der Waals surface area contributed by atoms with Crippen molar-refractivity contribution in [2.45, 2.75) is 26.7 Å². The molecule has 2 N–H and O–H groups in total. The average Bonchev–Trinajstić information content (AvgIpc) is 2.37. The summed E-state index contributed by atoms with van der Waals surface area (Å²) in [5, 5.41) is 11.8. The van der Waals surface area contributed by atoms with Crippen molar-refractivity contribution in [2.24, 2.45) is 5.92 Å². The van der Waals surface area contributed by atoms with E-state index in [1.54, 1.807) is 0 Å². The Balaban J connectivity index is 2.50. The van der Waals surface area contributed by atoms with Gasteiger partial charge >= 0.3 is 0 Å². The normalized spacial score (nSPS) is 10.6. The predicted octanol–water partition coefficient (Wildman–Crippen LogP) is 2.49. The zero-order valence-electron chi connectivity index (χ0n) is 12.0. The monoisotopic (exact) mass is 264 g/mol. The first-order valence-electron chi connectivity index (χ1n) is 6.75. The number of nitrogens with zero attached hydrogens (tertiary/aromatic N) is 1. The molecular formula is C15H24N2O2. The van der Waals surface area contributed by atoms with Crippen molar-refractivity contribution in [2.75, 3.05) is 30.4 Å². The van der Waals surface area contributed by atoms with Crippen LogP contribution in [-0.4, -0.2) is 31.2 Å². The van der Waals surface area contributed by atoms with E-state index in [2.05, 4.69) is 19.2 Å². The van der Waals surface area contributed by atoms with E-state index < -0.39 is 0 Å². The number of likely N-dealkylation sites (N-methyl/N-ethyl adjacent to an activating group) is 1. The second-order valence-corrected chi connectivity index (χ2v) is 5.17. The molecule has 0 aliphatic carbocycles. The number of amides is 1. The summed E-state index contributed by atoms with van der Waals surface area (Å²) in [4.78, 5) is 13.6. The minimum absolute atomic E-state index is 0.0603. The van der Waals surface area contributed by atoms with Crippen LogP contribution in [0.1, 0.15) is 26.7 Å². The van der Waals surface area contributed by atoms with Crippen molar-refractivity contribution in [1.29, 1.82) is 0 Å². The predicted molar refractivity (Wildman–Crippen MR) is 79.5 cm³/mol. The number of rotatable bonds is 7. The number of carbonyl (C=O) groups is 1. The molecule has 1 aromatic carbocycles. The molecule has 0 aliphatic rings. The fourth-order valence-corrected chi connectivity index (χ4v) is 1.72. The van der Waals surface area contributed by atoms with Crippen molar-refractivity contribution in [1.82, 2.24) is 0 Å². The maximum atomic E-state index is 11.7. The Kier molecular flexibility index (Phi) is 6.36. The molecule has 106 valence electrons. The first kappa shape index (κ1) is 15.5. The van der Waals surface area contributed by atoms with Gasteiger partial charge in [-0.3, -0.25) is 4.79 Å². The Bertz CT molecular complexity index is 388. The van der Waals surface area contributed by atoms with Gasteiger partial charge in [0.05, 0.1) is 6.61 Å². The molecular weight excluding hydrogens is 240 g/mol. The lowest BCUT2D eigenvalue weighted by Crippen LogP contribution is -2.21. The first-order valence-corrected chi connectivity index (χ1v) is 6.75. The third kappa shape index (κ3) is 5.75. The topological polar surface area (TPSA) is 52.6 Å². The summed E-state index contributed by atoms with van der Waals surface area (Å²) in [5.74, 6) is 0.602. The summed E-state index contributed by atoms with van der Waals surface area (Å²) in [7, 11) is 1.92. The molecule has 0 bridgehead atoms. The highest BCUT2D eigenvalue weighted by Crippen LogP contribution is 2.17. The summed E-state index contributed by atoms with van der Waals surface area (Å²) in [6.45, 7) is 4.95. The SMILES string of the molecule is CC(C)CCC(=O)Nc1ccc(N(C)CCO)cc1. The molecule has 1 amide bonds. The lowest BCUT2D eigenvalue weighted by Gasteiger charge is -2.18. The van der Waals surface area contributed by atoms with Gasteiger partial charge in [-0.15, -0.1) is 0 Å². The van der Waals surface area contributed by atoms with Crippen molar-refractivity contribution in [3.05, 3.63) is 24.3 Å². The smallest absolute Gasteiger partial charge is 0.224 e. The lowest BCUT2D eigenvalue weighted by molar-refractivity contribution is -0.116. The Morgan fingerprint density at radius 2 is 1.95 bits per heavy atom. The highest BCUT2D eigenvalue weighted by Gasteiger charge is 2.05. The molecule has 1 rings (SSSR count). The highest BCUT2D eigenvalue weighted by molar-refractivity contribution is 5.90. The molecule has 4 heteroatoms. The third-order valence-corrected chi connectivity index (χ3v) is 2.98. The van der Waals surface area contributed by atoms with Crippen molar-refractivity contribution in [3.8, 4) is 0 Å². The summed E-state index contributed by atoms with van der Waals surface area (Å²) >= 11 is 0. The van der Waals surface area contributed by atoms with Gasteiger partial charge in [-0.2, -0.15) is 0 Å². The van der Waals surface area contributed by atoms with Gasteiger partial charge < -0.3 is 15.3 Å². The van der Waals surface area contributed by atoms with Crippen LogP contribution in [0.5, 0.6) is 0 Å². The van der Waals surface area contributed by atoms with Crippen LogP contribution in [0.2, 0.25) is 0 Å². The van der Waals surface area contributed by atoms with Gasteiger partial charge in [0.2, 0.25) is 5.91 Å². The molecule has 0 unspecified atom stereocenters. The molecule has 4 nitrogen and oxygen atoms in total. The number of benzene rings is 1. The van der Waals surface area contributed by atoms with Crippen molar-refractivity contribution in [3.63, 3.8) is 0 Å². The Morgan fingerprint density at radius 3 is 2.47 bits per heavy atom. The van der Waals surface area contributed by atoms with Crippen LogP contribution in [0.25, 0.3) is 0 Å². The van der Waals surface area contributed by atoms with E-state index in [9.17, 15) is 4.79 Å². The van der Waals surface area contributed by atoms with Gasteiger partial charge in [-0.1, -0.05) is 13.8 Å². The molecule has 0 saturated heterocycles. The number of nitrogens with one attached hydrogen (secondary N) is 1. The zero-order valence-corrected chi connectivity index (χ0v) is 12.0. The number of hydrogen-bond acceptors (Lipinski definition) is 3. The van der Waals surface area contributed by atoms with Crippen molar-refractivity contribution >= 4 is 17.3 Å². The van der Waals surface area contributed by atoms with Gasteiger partial charge in [0, 0.05) is 31.4 Å². The molecule has 0 aromatic heterocycles. The maximum absolute atomic E-state index is 11.7. The van der Waals surface area contributed by atoms with Gasteiger partial charge in [0.25, 0.3) is 0 Å². The van der Waals surface area contributed by atoms with Crippen LogP contribution < -0.4 is 10.2 Å². The average molecular weight is 264 g/mol. The molecule has 1 aromatic rings. The third-order valence-electron chi connectivity index (χ3n) is 2.98. The molecule has 0 fully saturated rings. The number of carbonyl (C=O) groups excluding carboxylic acids is 1. The summed E-state index contributed by atoms with van der Waals surface area (Å²) in [5.41, 5.74) is 1.84. The van der Waals surface area contributed by atoms with Crippen LogP contribution in [0.15, 0.2) is 24.3 Å². The van der Waals surface area contributed by atoms with Crippen LogP contribution >= 0.6 is 0 Å². The minimum atomic E-state index is 0.0603. The standard InChI is InChI=1S/C15H24N2O2/c1-12(2)4-9-15(19)16-13-5-7-14(8-6-13)17(3)10-11-18/h5-8,12,18H,4,9-11H2,1-3H3,(H,16,19). The molecule has 0 aliphatic heterocycles. The minimum Gasteiger partial charge on any atom is -0.395 e. The molecule has 19 heavy (non-hydrogen) atoms. The first-order chi connectivity index (χ1) is 9.02. The zero-order chi connectivity index (χ0) is 14.3. The Labute approximate surface area is 115 Å². The number of hydrogen-bond donors (Lipinski definition) is 2. The number of anilines is 2. The molecule has 0 radical (unpaired) electrons. The Hall–Kier alpha value is -1.55. The van der Waals surface area contributed by atoms with E-state index in [4.69, 9.17) is 5.11 Å². The summed E-state index contributed by atoms with van der Waals surface area (Å²) in [6.07, 6.45) is 1.47. The molecule has 0 saturated carbocycles. The van der Waals surface area contributed by atoms with Crippen LogP contribution in [-0.2, 0) is 4.79 Å². The van der Waals surface area contributed by atoms with E-state index >= 15 is 0 Å². The van der Waals surface area contributed by atoms with Crippen molar-refractivity contribution < 1.29 is 9.90 Å². The second-order valence-electron chi connectivity index (χ2n) is 5.17. The molecule has 0 atom stereocenters. The van der Waals surface area contributed by atoms with E-state index in [1.807, 2.05) is 36.2 Å². The largest absolute Gasteiger partial charge is 0.395 e. The highest BCUT2D eigenvalue weighted by atomic mass is 16.3. The number of aliphatic hydroxyl groups excluding tert-OH is 1.